The topological polar surface area (TPSA) is 65.4 Å². The lowest BCUT2D eigenvalue weighted by Crippen LogP contribution is -2.49. The number of aliphatic hydroxyl groups is 2. The summed E-state index contributed by atoms with van der Waals surface area (Å²) in [7, 11) is 0. The summed E-state index contributed by atoms with van der Waals surface area (Å²) in [4.78, 5) is 4.17. The zero-order valence-electron chi connectivity index (χ0n) is 9.42. The summed E-state index contributed by atoms with van der Waals surface area (Å²) in [5, 5.41) is 17.9. The maximum atomic E-state index is 8.96. The van der Waals surface area contributed by atoms with Crippen molar-refractivity contribution in [2.24, 2.45) is 0 Å². The number of ether oxygens (including phenoxy) is 2. The van der Waals surface area contributed by atoms with Crippen LogP contribution >= 0.6 is 0 Å². The molecule has 2 saturated heterocycles. The van der Waals surface area contributed by atoms with Gasteiger partial charge in [-0.25, -0.2) is 0 Å². The predicted molar refractivity (Wildman–Crippen MR) is 56.8 cm³/mol. The predicted octanol–water partition coefficient (Wildman–Crippen LogP) is -1.71. The molecule has 94 valence electrons. The molecule has 0 amide bonds. The highest BCUT2D eigenvalue weighted by Gasteiger charge is 2.39. The van der Waals surface area contributed by atoms with Crippen molar-refractivity contribution in [2.45, 2.75) is 12.5 Å². The van der Waals surface area contributed by atoms with Crippen LogP contribution in [0.5, 0.6) is 0 Å². The summed E-state index contributed by atoms with van der Waals surface area (Å²) in [6.45, 7) is 4.50. The van der Waals surface area contributed by atoms with Crippen LogP contribution in [0.25, 0.3) is 0 Å². The van der Waals surface area contributed by atoms with Gasteiger partial charge in [-0.15, -0.1) is 0 Å². The molecule has 0 aromatic heterocycles. The first-order valence-corrected chi connectivity index (χ1v) is 5.80. The highest BCUT2D eigenvalue weighted by molar-refractivity contribution is 4.81. The van der Waals surface area contributed by atoms with Gasteiger partial charge in [-0.05, 0) is 0 Å². The Morgan fingerprint density at radius 2 is 1.31 bits per heavy atom. The lowest BCUT2D eigenvalue weighted by Gasteiger charge is -2.31. The van der Waals surface area contributed by atoms with Crippen LogP contribution in [0.1, 0.15) is 0 Å². The number of β-amino-alcohol motifs (C(OH)–C–C–N with tert-alkyl or cyclic N) is 2. The molecule has 2 unspecified atom stereocenters. The second kappa shape index (κ2) is 5.90. The lowest BCUT2D eigenvalue weighted by atomic mass is 10.3. The van der Waals surface area contributed by atoms with Crippen molar-refractivity contribution in [3.8, 4) is 0 Å². The molecule has 6 heteroatoms. The number of nitrogens with zero attached hydrogens (tertiary/aromatic N) is 2. The van der Waals surface area contributed by atoms with Gasteiger partial charge in [0.05, 0.1) is 26.4 Å². The van der Waals surface area contributed by atoms with Crippen molar-refractivity contribution in [3.05, 3.63) is 0 Å². The Morgan fingerprint density at radius 1 is 0.875 bits per heavy atom. The smallest absolute Gasteiger partial charge is 0.151 e. The molecular weight excluding hydrogens is 212 g/mol. The number of hydrogen-bond donors (Lipinski definition) is 2. The van der Waals surface area contributed by atoms with E-state index < -0.39 is 0 Å². The van der Waals surface area contributed by atoms with Crippen LogP contribution in [0.3, 0.4) is 0 Å². The highest BCUT2D eigenvalue weighted by Crippen LogP contribution is 2.21. The third-order valence-electron chi connectivity index (χ3n) is 3.07. The highest BCUT2D eigenvalue weighted by atomic mass is 16.6. The normalized spacial score (nSPS) is 32.6. The molecule has 2 heterocycles. The van der Waals surface area contributed by atoms with Crippen molar-refractivity contribution in [3.63, 3.8) is 0 Å². The van der Waals surface area contributed by atoms with Gasteiger partial charge in [-0.2, -0.15) is 0 Å². The molecule has 2 aliphatic rings. The van der Waals surface area contributed by atoms with Crippen molar-refractivity contribution in [2.75, 3.05) is 52.6 Å². The van der Waals surface area contributed by atoms with Crippen molar-refractivity contribution >= 4 is 0 Å². The molecule has 2 atom stereocenters. The molecule has 6 nitrogen and oxygen atoms in total. The van der Waals surface area contributed by atoms with E-state index in [2.05, 4.69) is 9.80 Å². The van der Waals surface area contributed by atoms with E-state index >= 15 is 0 Å². The fourth-order valence-corrected chi connectivity index (χ4v) is 2.31. The maximum absolute atomic E-state index is 8.96. The Balaban J connectivity index is 1.93. The van der Waals surface area contributed by atoms with E-state index in [0.717, 1.165) is 13.1 Å². The minimum atomic E-state index is -0.110. The molecule has 0 radical (unpaired) electrons. The van der Waals surface area contributed by atoms with E-state index in [4.69, 9.17) is 19.7 Å². The van der Waals surface area contributed by atoms with Crippen LogP contribution in [-0.2, 0) is 9.47 Å². The molecule has 0 aromatic carbocycles. The van der Waals surface area contributed by atoms with Gasteiger partial charge in [0.1, 0.15) is 0 Å². The minimum absolute atomic E-state index is 0.110. The molecule has 2 aliphatic heterocycles. The van der Waals surface area contributed by atoms with E-state index in [0.29, 0.717) is 26.3 Å². The molecule has 0 spiro atoms. The molecule has 0 bridgehead atoms. The Bertz CT molecular complexity index is 195. The van der Waals surface area contributed by atoms with Crippen molar-refractivity contribution < 1.29 is 19.7 Å². The van der Waals surface area contributed by atoms with Crippen LogP contribution in [0, 0.1) is 0 Å². The SMILES string of the molecule is OCCN1CCOC1C1OCCN1CCO. The van der Waals surface area contributed by atoms with Gasteiger partial charge in [-0.1, -0.05) is 0 Å². The van der Waals surface area contributed by atoms with Gasteiger partial charge >= 0.3 is 0 Å². The van der Waals surface area contributed by atoms with Crippen molar-refractivity contribution in [1.82, 2.24) is 9.80 Å². The first-order valence-electron chi connectivity index (χ1n) is 5.80. The molecular formula is C10H20N2O4. The monoisotopic (exact) mass is 232 g/mol. The third kappa shape index (κ3) is 2.53. The zero-order chi connectivity index (χ0) is 11.4. The summed E-state index contributed by atoms with van der Waals surface area (Å²) in [6.07, 6.45) is -0.220. The average molecular weight is 232 g/mol. The van der Waals surface area contributed by atoms with Gasteiger partial charge in [0.2, 0.25) is 0 Å². The van der Waals surface area contributed by atoms with E-state index in [1.165, 1.54) is 0 Å². The molecule has 0 saturated carbocycles. The Morgan fingerprint density at radius 3 is 1.69 bits per heavy atom. The van der Waals surface area contributed by atoms with Gasteiger partial charge in [0.15, 0.2) is 12.5 Å². The maximum Gasteiger partial charge on any atom is 0.151 e. The van der Waals surface area contributed by atoms with Crippen LogP contribution in [0.2, 0.25) is 0 Å². The lowest BCUT2D eigenvalue weighted by molar-refractivity contribution is -0.121. The summed E-state index contributed by atoms with van der Waals surface area (Å²) >= 11 is 0. The van der Waals surface area contributed by atoms with Gasteiger partial charge in [0, 0.05) is 26.2 Å². The second-order valence-electron chi connectivity index (χ2n) is 4.04. The molecule has 0 aromatic rings. The van der Waals surface area contributed by atoms with E-state index in [9.17, 15) is 0 Å². The number of aliphatic hydroxyl groups excluding tert-OH is 2. The summed E-state index contributed by atoms with van der Waals surface area (Å²) in [5.41, 5.74) is 0. The zero-order valence-corrected chi connectivity index (χ0v) is 9.42. The van der Waals surface area contributed by atoms with Gasteiger partial charge in [-0.3, -0.25) is 9.80 Å². The summed E-state index contributed by atoms with van der Waals surface area (Å²) in [6, 6.07) is 0. The van der Waals surface area contributed by atoms with E-state index in [1.807, 2.05) is 0 Å². The minimum Gasteiger partial charge on any atom is -0.395 e. The molecule has 2 N–H and O–H groups in total. The van der Waals surface area contributed by atoms with Gasteiger partial charge < -0.3 is 19.7 Å². The fourth-order valence-electron chi connectivity index (χ4n) is 2.31. The summed E-state index contributed by atoms with van der Waals surface area (Å²) < 4.78 is 11.3. The Hall–Kier alpha value is -0.240. The van der Waals surface area contributed by atoms with Crippen LogP contribution in [0.15, 0.2) is 0 Å². The quantitative estimate of drug-likeness (QED) is 0.588. The number of rotatable bonds is 5. The fraction of sp³-hybridized carbons (Fsp3) is 1.00. The van der Waals surface area contributed by atoms with E-state index in [-0.39, 0.29) is 25.7 Å². The molecule has 0 aliphatic carbocycles. The Labute approximate surface area is 95.3 Å². The number of hydrogen-bond acceptors (Lipinski definition) is 6. The average Bonchev–Trinajstić information content (AvgIpc) is 2.87. The standard InChI is InChI=1S/C10H20N2O4/c13-5-1-11-3-7-15-9(11)10-12(2-6-14)4-8-16-10/h9-10,13-14H,1-8H2. The van der Waals surface area contributed by atoms with Gasteiger partial charge in [0.25, 0.3) is 0 Å². The van der Waals surface area contributed by atoms with E-state index in [1.54, 1.807) is 0 Å². The molecule has 2 fully saturated rings. The van der Waals surface area contributed by atoms with Crippen LogP contribution in [-0.4, -0.2) is 85.1 Å². The largest absolute Gasteiger partial charge is 0.395 e. The summed E-state index contributed by atoms with van der Waals surface area (Å²) in [5.74, 6) is 0. The molecule has 2 rings (SSSR count). The first kappa shape index (κ1) is 12.2. The third-order valence-corrected chi connectivity index (χ3v) is 3.07. The van der Waals surface area contributed by atoms with Crippen molar-refractivity contribution in [1.29, 1.82) is 0 Å². The molecule has 16 heavy (non-hydrogen) atoms. The van der Waals surface area contributed by atoms with Crippen LogP contribution in [0.4, 0.5) is 0 Å². The first-order chi connectivity index (χ1) is 7.86. The second-order valence-corrected chi connectivity index (χ2v) is 4.04. The Kier molecular flexibility index (Phi) is 4.51. The van der Waals surface area contributed by atoms with Crippen LogP contribution < -0.4 is 0 Å².